The molecule has 0 spiro atoms. The van der Waals surface area contributed by atoms with Crippen molar-refractivity contribution in [3.8, 4) is 17.1 Å². The molecule has 0 bridgehead atoms. The Hall–Kier alpha value is -3.10. The first-order valence-corrected chi connectivity index (χ1v) is 9.55. The van der Waals surface area contributed by atoms with Crippen LogP contribution in [0.2, 0.25) is 0 Å². The summed E-state index contributed by atoms with van der Waals surface area (Å²) in [7, 11) is 0. The van der Waals surface area contributed by atoms with Crippen LogP contribution in [0.25, 0.3) is 11.4 Å². The molecule has 0 radical (unpaired) electrons. The third-order valence-corrected chi connectivity index (χ3v) is 4.48. The number of amides is 1. The van der Waals surface area contributed by atoms with Crippen molar-refractivity contribution in [2.75, 3.05) is 23.3 Å². The lowest BCUT2D eigenvalue weighted by Gasteiger charge is -2.31. The van der Waals surface area contributed by atoms with Gasteiger partial charge >= 0.3 is 12.0 Å². The number of phenolic OH excluding ortho intramolecular Hbond substituents is 1. The van der Waals surface area contributed by atoms with Crippen LogP contribution in [0.5, 0.6) is 5.75 Å². The van der Waals surface area contributed by atoms with Gasteiger partial charge in [-0.1, -0.05) is 5.16 Å². The van der Waals surface area contributed by atoms with Crippen LogP contribution in [0, 0.1) is 5.92 Å². The largest absolute Gasteiger partial charge is 0.507 e. The molecule has 9 nitrogen and oxygen atoms in total. The van der Waals surface area contributed by atoms with Gasteiger partial charge in [-0.25, -0.2) is 0 Å². The summed E-state index contributed by atoms with van der Waals surface area (Å²) in [5.74, 6) is -0.341. The molecule has 156 valence electrons. The SMILES string of the molecule is CC(=O)Nc1ccc(O)c(-c2noc(N3CCC(C(=O)OC(C)(C)C)CC3)n2)c1. The molecule has 9 heteroatoms. The second-order valence-corrected chi connectivity index (χ2v) is 8.11. The van der Waals surface area contributed by atoms with Crippen LogP contribution < -0.4 is 10.2 Å². The molecule has 1 amide bonds. The van der Waals surface area contributed by atoms with Crippen LogP contribution in [0.3, 0.4) is 0 Å². The van der Waals surface area contributed by atoms with E-state index in [0.717, 1.165) is 0 Å². The lowest BCUT2D eigenvalue weighted by atomic mass is 9.97. The minimum atomic E-state index is -0.497. The number of carbonyl (C=O) groups is 2. The summed E-state index contributed by atoms with van der Waals surface area (Å²) < 4.78 is 10.8. The second-order valence-electron chi connectivity index (χ2n) is 8.11. The molecule has 2 N–H and O–H groups in total. The fourth-order valence-electron chi connectivity index (χ4n) is 3.14. The molecule has 0 aliphatic carbocycles. The Kier molecular flexibility index (Phi) is 5.76. The van der Waals surface area contributed by atoms with Crippen molar-refractivity contribution >= 4 is 23.6 Å². The Morgan fingerprint density at radius 3 is 2.59 bits per heavy atom. The van der Waals surface area contributed by atoms with E-state index in [1.54, 1.807) is 12.1 Å². The molecular formula is C20H26N4O5. The number of nitrogens with zero attached hydrogens (tertiary/aromatic N) is 3. The number of ether oxygens (including phenoxy) is 1. The first kappa shape index (κ1) is 20.6. The van der Waals surface area contributed by atoms with Crippen LogP contribution in [0.4, 0.5) is 11.7 Å². The molecule has 1 aliphatic heterocycles. The first-order valence-electron chi connectivity index (χ1n) is 9.55. The van der Waals surface area contributed by atoms with Gasteiger partial charge in [0.1, 0.15) is 11.4 Å². The van der Waals surface area contributed by atoms with E-state index in [0.29, 0.717) is 43.2 Å². The standard InChI is InChI=1S/C20H26N4O5/c1-12(25)21-14-5-6-16(26)15(11-14)17-22-19(29-23-17)24-9-7-13(8-10-24)18(27)28-20(2,3)4/h5-6,11,13,26H,7-10H2,1-4H3,(H,21,25). The number of hydrogen-bond acceptors (Lipinski definition) is 8. The predicted octanol–water partition coefficient (Wildman–Crippen LogP) is 2.96. The molecule has 3 rings (SSSR count). The van der Waals surface area contributed by atoms with Crippen molar-refractivity contribution in [2.45, 2.75) is 46.1 Å². The summed E-state index contributed by atoms with van der Waals surface area (Å²) in [5, 5.41) is 16.7. The van der Waals surface area contributed by atoms with Crippen LogP contribution in [-0.2, 0) is 14.3 Å². The van der Waals surface area contributed by atoms with Crippen molar-refractivity contribution in [2.24, 2.45) is 5.92 Å². The van der Waals surface area contributed by atoms with Crippen LogP contribution in [0.1, 0.15) is 40.5 Å². The highest BCUT2D eigenvalue weighted by atomic mass is 16.6. The maximum atomic E-state index is 12.2. The Morgan fingerprint density at radius 2 is 1.97 bits per heavy atom. The van der Waals surface area contributed by atoms with E-state index < -0.39 is 5.60 Å². The minimum Gasteiger partial charge on any atom is -0.507 e. The number of piperidine rings is 1. The zero-order chi connectivity index (χ0) is 21.2. The third-order valence-electron chi connectivity index (χ3n) is 4.48. The van der Waals surface area contributed by atoms with Crippen molar-refractivity contribution in [1.29, 1.82) is 0 Å². The predicted molar refractivity (Wildman–Crippen MR) is 106 cm³/mol. The van der Waals surface area contributed by atoms with E-state index in [9.17, 15) is 14.7 Å². The summed E-state index contributed by atoms with van der Waals surface area (Å²) in [4.78, 5) is 29.8. The van der Waals surface area contributed by atoms with Gasteiger partial charge in [0.15, 0.2) is 0 Å². The smallest absolute Gasteiger partial charge is 0.324 e. The number of anilines is 2. The normalized spacial score (nSPS) is 15.2. The topological polar surface area (TPSA) is 118 Å². The van der Waals surface area contributed by atoms with Crippen LogP contribution in [0.15, 0.2) is 22.7 Å². The Bertz CT molecular complexity index is 895. The van der Waals surface area contributed by atoms with E-state index in [1.165, 1.54) is 13.0 Å². The van der Waals surface area contributed by atoms with E-state index in [2.05, 4.69) is 15.5 Å². The summed E-state index contributed by atoms with van der Waals surface area (Å²) in [6, 6.07) is 4.96. The molecule has 1 fully saturated rings. The van der Waals surface area contributed by atoms with E-state index in [-0.39, 0.29) is 29.4 Å². The third kappa shape index (κ3) is 5.24. The number of aromatic nitrogens is 2. The number of nitrogens with one attached hydrogen (secondary N) is 1. The van der Waals surface area contributed by atoms with Gasteiger partial charge < -0.3 is 24.6 Å². The molecule has 0 saturated carbocycles. The number of carbonyl (C=O) groups excluding carboxylic acids is 2. The summed E-state index contributed by atoms with van der Waals surface area (Å²) in [5.41, 5.74) is 0.383. The Labute approximate surface area is 169 Å². The molecule has 2 aromatic rings. The van der Waals surface area contributed by atoms with Gasteiger partial charge in [-0.15, -0.1) is 0 Å². The van der Waals surface area contributed by atoms with Crippen molar-refractivity contribution in [1.82, 2.24) is 10.1 Å². The van der Waals surface area contributed by atoms with Gasteiger partial charge in [0.05, 0.1) is 11.5 Å². The van der Waals surface area contributed by atoms with Gasteiger partial charge in [-0.2, -0.15) is 4.98 Å². The lowest BCUT2D eigenvalue weighted by Crippen LogP contribution is -2.39. The highest BCUT2D eigenvalue weighted by molar-refractivity contribution is 5.89. The highest BCUT2D eigenvalue weighted by Crippen LogP contribution is 2.32. The van der Waals surface area contributed by atoms with Crippen LogP contribution >= 0.6 is 0 Å². The molecule has 1 aromatic heterocycles. The average molecular weight is 402 g/mol. The van der Waals surface area contributed by atoms with Gasteiger partial charge in [-0.3, -0.25) is 9.59 Å². The molecule has 1 saturated heterocycles. The number of aromatic hydroxyl groups is 1. The number of rotatable bonds is 4. The van der Waals surface area contributed by atoms with E-state index in [1.807, 2.05) is 25.7 Å². The summed E-state index contributed by atoms with van der Waals surface area (Å²) in [6.45, 7) is 8.15. The lowest BCUT2D eigenvalue weighted by molar-refractivity contribution is -0.160. The monoisotopic (exact) mass is 402 g/mol. The fraction of sp³-hybridized carbons (Fsp3) is 0.500. The summed E-state index contributed by atoms with van der Waals surface area (Å²) in [6.07, 6.45) is 1.27. The number of phenols is 1. The van der Waals surface area contributed by atoms with Gasteiger partial charge in [0.25, 0.3) is 0 Å². The van der Waals surface area contributed by atoms with Gasteiger partial charge in [0.2, 0.25) is 11.7 Å². The second kappa shape index (κ2) is 8.10. The molecule has 2 heterocycles. The van der Waals surface area contributed by atoms with Gasteiger partial charge in [0, 0.05) is 25.7 Å². The Morgan fingerprint density at radius 1 is 1.28 bits per heavy atom. The van der Waals surface area contributed by atoms with Gasteiger partial charge in [-0.05, 0) is 51.8 Å². The first-order chi connectivity index (χ1) is 13.6. The number of benzene rings is 1. The number of esters is 1. The molecular weight excluding hydrogens is 376 g/mol. The fourth-order valence-corrected chi connectivity index (χ4v) is 3.14. The molecule has 1 aromatic carbocycles. The minimum absolute atomic E-state index is 0.0184. The van der Waals surface area contributed by atoms with Crippen molar-refractivity contribution < 1.29 is 24.0 Å². The zero-order valence-corrected chi connectivity index (χ0v) is 17.1. The number of hydrogen-bond donors (Lipinski definition) is 2. The van der Waals surface area contributed by atoms with Crippen molar-refractivity contribution in [3.63, 3.8) is 0 Å². The average Bonchev–Trinajstić information content (AvgIpc) is 3.11. The molecule has 0 atom stereocenters. The molecule has 1 aliphatic rings. The summed E-state index contributed by atoms with van der Waals surface area (Å²) >= 11 is 0. The Balaban J connectivity index is 1.67. The maximum Gasteiger partial charge on any atom is 0.324 e. The quantitative estimate of drug-likeness (QED) is 0.592. The molecule has 0 unspecified atom stereocenters. The van der Waals surface area contributed by atoms with Crippen molar-refractivity contribution in [3.05, 3.63) is 18.2 Å². The highest BCUT2D eigenvalue weighted by Gasteiger charge is 2.31. The zero-order valence-electron chi connectivity index (χ0n) is 17.1. The van der Waals surface area contributed by atoms with E-state index >= 15 is 0 Å². The van der Waals surface area contributed by atoms with E-state index in [4.69, 9.17) is 9.26 Å². The van der Waals surface area contributed by atoms with Crippen LogP contribution in [-0.4, -0.2) is 45.8 Å². The maximum absolute atomic E-state index is 12.2. The molecule has 29 heavy (non-hydrogen) atoms.